The Kier molecular flexibility index (Phi) is 6.01. The van der Waals surface area contributed by atoms with Gasteiger partial charge in [-0.15, -0.1) is 0 Å². The van der Waals surface area contributed by atoms with Crippen LogP contribution >= 0.6 is 11.8 Å². The second-order valence-electron chi connectivity index (χ2n) is 6.23. The first kappa shape index (κ1) is 21.6. The number of thioether (sulfide) groups is 1. The van der Waals surface area contributed by atoms with Crippen LogP contribution in [0.25, 0.3) is 17.4 Å². The zero-order chi connectivity index (χ0) is 22.1. The lowest BCUT2D eigenvalue weighted by atomic mass is 10.1. The largest absolute Gasteiger partial charge is 0.481 e. The second kappa shape index (κ2) is 8.34. The zero-order valence-corrected chi connectivity index (χ0v) is 15.8. The van der Waals surface area contributed by atoms with Crippen molar-refractivity contribution >= 4 is 35.0 Å². The van der Waals surface area contributed by atoms with E-state index < -0.39 is 34.7 Å². The normalized spacial score (nSPS) is 16.0. The van der Waals surface area contributed by atoms with E-state index in [-0.39, 0.29) is 41.4 Å². The number of hydrogen-bond acceptors (Lipinski definition) is 5. The van der Waals surface area contributed by atoms with Gasteiger partial charge in [-0.05, 0) is 48.5 Å². The molecule has 0 aliphatic carbocycles. The van der Waals surface area contributed by atoms with Crippen LogP contribution in [0.3, 0.4) is 0 Å². The molecule has 1 aromatic carbocycles. The summed E-state index contributed by atoms with van der Waals surface area (Å²) in [5.74, 6) is -2.94. The van der Waals surface area contributed by atoms with Gasteiger partial charge in [0.25, 0.3) is 11.1 Å². The Labute approximate surface area is 171 Å². The molecule has 1 aromatic heterocycles. The van der Waals surface area contributed by atoms with Crippen LogP contribution in [0.1, 0.15) is 24.2 Å². The third kappa shape index (κ3) is 4.73. The van der Waals surface area contributed by atoms with E-state index in [0.29, 0.717) is 23.9 Å². The number of aliphatic carboxylic acids is 1. The lowest BCUT2D eigenvalue weighted by Gasteiger charge is -2.10. The summed E-state index contributed by atoms with van der Waals surface area (Å²) in [5.41, 5.74) is -1.44. The Morgan fingerprint density at radius 2 is 1.93 bits per heavy atom. The van der Waals surface area contributed by atoms with Gasteiger partial charge in [-0.1, -0.05) is 0 Å². The topological polar surface area (TPSA) is 87.8 Å². The van der Waals surface area contributed by atoms with E-state index in [1.54, 1.807) is 0 Å². The van der Waals surface area contributed by atoms with Crippen LogP contribution in [0.15, 0.2) is 39.7 Å². The number of imide groups is 1. The first-order valence-corrected chi connectivity index (χ1v) is 9.32. The minimum absolute atomic E-state index is 0.00912. The molecule has 158 valence electrons. The number of hydrogen-bond donors (Lipinski definition) is 1. The highest BCUT2D eigenvalue weighted by Crippen LogP contribution is 2.36. The molecule has 6 nitrogen and oxygen atoms in total. The summed E-state index contributed by atoms with van der Waals surface area (Å²) >= 11 is 0.641. The Balaban J connectivity index is 1.79. The molecule has 0 unspecified atom stereocenters. The summed E-state index contributed by atoms with van der Waals surface area (Å²) in [6.07, 6.45) is -3.69. The van der Waals surface area contributed by atoms with E-state index in [1.807, 2.05) is 0 Å². The molecule has 1 fully saturated rings. The lowest BCUT2D eigenvalue weighted by molar-refractivity contribution is -0.140. The van der Waals surface area contributed by atoms with E-state index in [0.717, 1.165) is 11.0 Å². The van der Waals surface area contributed by atoms with Crippen LogP contribution in [0.4, 0.5) is 22.4 Å². The fourth-order valence-electron chi connectivity index (χ4n) is 2.69. The number of carbonyl (C=O) groups excluding carboxylic acids is 2. The molecule has 0 bridgehead atoms. The van der Waals surface area contributed by atoms with Crippen molar-refractivity contribution in [2.45, 2.75) is 19.0 Å². The third-order valence-electron chi connectivity index (χ3n) is 4.10. The highest BCUT2D eigenvalue weighted by Gasteiger charge is 2.35. The van der Waals surface area contributed by atoms with E-state index in [9.17, 15) is 31.9 Å². The van der Waals surface area contributed by atoms with Crippen molar-refractivity contribution in [1.29, 1.82) is 0 Å². The monoisotopic (exact) mass is 443 g/mol. The van der Waals surface area contributed by atoms with Crippen molar-refractivity contribution in [2.75, 3.05) is 6.54 Å². The molecule has 2 aromatic rings. The highest BCUT2D eigenvalue weighted by atomic mass is 32.2. The molecule has 3 rings (SSSR count). The number of halogens is 4. The highest BCUT2D eigenvalue weighted by molar-refractivity contribution is 8.18. The summed E-state index contributed by atoms with van der Waals surface area (Å²) in [6.45, 7) is -0.0481. The fraction of sp³-hybridized carbons (Fsp3) is 0.211. The van der Waals surface area contributed by atoms with Crippen molar-refractivity contribution in [1.82, 2.24) is 4.90 Å². The number of amides is 2. The van der Waals surface area contributed by atoms with Crippen LogP contribution < -0.4 is 0 Å². The number of nitrogens with zero attached hydrogens (tertiary/aromatic N) is 1. The lowest BCUT2D eigenvalue weighted by Crippen LogP contribution is -2.29. The fourth-order valence-corrected chi connectivity index (χ4v) is 3.54. The molecule has 0 saturated carbocycles. The summed E-state index contributed by atoms with van der Waals surface area (Å²) in [7, 11) is 0. The summed E-state index contributed by atoms with van der Waals surface area (Å²) in [5, 5.41) is 8.08. The molecule has 1 N–H and O–H groups in total. The van der Waals surface area contributed by atoms with Gasteiger partial charge in [0.05, 0.1) is 10.5 Å². The van der Waals surface area contributed by atoms with Gasteiger partial charge in [0, 0.05) is 24.6 Å². The summed E-state index contributed by atoms with van der Waals surface area (Å²) in [6, 6.07) is 5.18. The molecule has 1 aliphatic rings. The third-order valence-corrected chi connectivity index (χ3v) is 5.01. The van der Waals surface area contributed by atoms with Gasteiger partial charge in [-0.25, -0.2) is 4.39 Å². The Hall–Kier alpha value is -3.08. The van der Waals surface area contributed by atoms with Crippen molar-refractivity contribution in [2.24, 2.45) is 0 Å². The van der Waals surface area contributed by atoms with Crippen molar-refractivity contribution < 1.29 is 41.5 Å². The summed E-state index contributed by atoms with van der Waals surface area (Å²) in [4.78, 5) is 35.8. The van der Waals surface area contributed by atoms with Crippen LogP contribution in [-0.2, 0) is 15.8 Å². The maximum Gasteiger partial charge on any atom is 0.419 e. The molecular formula is C19H13F4NO5S. The van der Waals surface area contributed by atoms with Crippen molar-refractivity contribution in [3.63, 3.8) is 0 Å². The van der Waals surface area contributed by atoms with Gasteiger partial charge in [-0.3, -0.25) is 19.3 Å². The first-order chi connectivity index (χ1) is 14.1. The van der Waals surface area contributed by atoms with Crippen molar-refractivity contribution in [3.05, 3.63) is 52.4 Å². The maximum atomic E-state index is 13.4. The van der Waals surface area contributed by atoms with Gasteiger partial charge in [0.1, 0.15) is 17.3 Å². The minimum Gasteiger partial charge on any atom is -0.481 e. The number of furan rings is 1. The number of alkyl halides is 3. The van der Waals surface area contributed by atoms with E-state index in [2.05, 4.69) is 0 Å². The number of carbonyl (C=O) groups is 3. The maximum absolute atomic E-state index is 13.4. The molecule has 30 heavy (non-hydrogen) atoms. The van der Waals surface area contributed by atoms with E-state index in [1.165, 1.54) is 18.2 Å². The van der Waals surface area contributed by atoms with Crippen LogP contribution in [0, 0.1) is 5.82 Å². The van der Waals surface area contributed by atoms with Gasteiger partial charge >= 0.3 is 12.1 Å². The Morgan fingerprint density at radius 3 is 2.60 bits per heavy atom. The Bertz CT molecular complexity index is 1040. The predicted molar refractivity (Wildman–Crippen MR) is 98.7 cm³/mol. The van der Waals surface area contributed by atoms with Crippen LogP contribution in [-0.4, -0.2) is 33.7 Å². The smallest absolute Gasteiger partial charge is 0.419 e. The van der Waals surface area contributed by atoms with E-state index in [4.69, 9.17) is 9.52 Å². The molecule has 2 heterocycles. The standard InChI is InChI=1S/C19H13F4NO5S/c20-13-5-3-10(8-12(13)19(21,22)23)14-6-4-11(29-14)9-15-17(27)24(18(28)30-15)7-1-2-16(25)26/h3-6,8-9H,1-2,7H2,(H,25,26). The summed E-state index contributed by atoms with van der Waals surface area (Å²) < 4.78 is 57.5. The quantitative estimate of drug-likeness (QED) is 0.499. The van der Waals surface area contributed by atoms with Gasteiger partial charge in [0.15, 0.2) is 0 Å². The number of benzene rings is 1. The van der Waals surface area contributed by atoms with E-state index >= 15 is 0 Å². The zero-order valence-electron chi connectivity index (χ0n) is 15.0. The predicted octanol–water partition coefficient (Wildman–Crippen LogP) is 5.01. The van der Waals surface area contributed by atoms with Gasteiger partial charge in [0.2, 0.25) is 0 Å². The Morgan fingerprint density at radius 1 is 1.20 bits per heavy atom. The van der Waals surface area contributed by atoms with Gasteiger partial charge in [-0.2, -0.15) is 13.2 Å². The molecule has 0 atom stereocenters. The van der Waals surface area contributed by atoms with Crippen molar-refractivity contribution in [3.8, 4) is 11.3 Å². The molecule has 2 amide bonds. The molecule has 1 aliphatic heterocycles. The minimum atomic E-state index is -4.87. The van der Waals surface area contributed by atoms with Gasteiger partial charge < -0.3 is 9.52 Å². The average Bonchev–Trinajstić information content (AvgIpc) is 3.21. The van der Waals surface area contributed by atoms with Crippen LogP contribution in [0.2, 0.25) is 0 Å². The molecule has 0 radical (unpaired) electrons. The number of carboxylic acids is 1. The number of rotatable bonds is 6. The average molecular weight is 443 g/mol. The first-order valence-electron chi connectivity index (χ1n) is 8.50. The molecular weight excluding hydrogens is 430 g/mol. The molecule has 11 heteroatoms. The number of carboxylic acid groups (broad SMARTS) is 1. The molecule has 1 saturated heterocycles. The molecule has 0 spiro atoms. The van der Waals surface area contributed by atoms with Crippen LogP contribution in [0.5, 0.6) is 0 Å². The second-order valence-corrected chi connectivity index (χ2v) is 7.22. The SMILES string of the molecule is O=C(O)CCCN1C(=O)SC(=Cc2ccc(-c3ccc(F)c(C(F)(F)F)c3)o2)C1=O.